The van der Waals surface area contributed by atoms with Gasteiger partial charge in [0.05, 0.1) is 5.69 Å². The zero-order valence-electron chi connectivity index (χ0n) is 18.7. The molecule has 1 saturated heterocycles. The van der Waals surface area contributed by atoms with E-state index in [1.165, 1.54) is 11.1 Å². The van der Waals surface area contributed by atoms with Crippen LogP contribution in [-0.2, 0) is 4.79 Å². The predicted molar refractivity (Wildman–Crippen MR) is 128 cm³/mol. The number of carboxylic acids is 1. The van der Waals surface area contributed by atoms with Crippen LogP contribution < -0.4 is 4.90 Å². The quantitative estimate of drug-likeness (QED) is 0.546. The number of aryl methyl sites for hydroxylation is 1. The van der Waals surface area contributed by atoms with Crippen molar-refractivity contribution in [2.75, 3.05) is 18.0 Å². The Kier molecular flexibility index (Phi) is 6.26. The van der Waals surface area contributed by atoms with E-state index < -0.39 is 5.97 Å². The van der Waals surface area contributed by atoms with Crippen molar-refractivity contribution in [3.05, 3.63) is 45.6 Å². The van der Waals surface area contributed by atoms with Gasteiger partial charge in [0.15, 0.2) is 0 Å². The SMILES string of the molecule is CC1=NC(N2CCC(CC(=O)O)CC2)c2cc(C)[nH]c2N1c1ccc(C(C)C)cc1Br. The van der Waals surface area contributed by atoms with Gasteiger partial charge in [-0.3, -0.25) is 14.6 Å². The summed E-state index contributed by atoms with van der Waals surface area (Å²) in [7, 11) is 0. The van der Waals surface area contributed by atoms with Crippen LogP contribution in [0.2, 0.25) is 0 Å². The maximum atomic E-state index is 11.1. The number of halogens is 1. The Labute approximate surface area is 192 Å². The van der Waals surface area contributed by atoms with Crippen molar-refractivity contribution < 1.29 is 9.90 Å². The number of hydrogen-bond acceptors (Lipinski definition) is 4. The molecule has 0 spiro atoms. The van der Waals surface area contributed by atoms with E-state index in [0.29, 0.717) is 5.92 Å². The second kappa shape index (κ2) is 8.79. The molecule has 3 heterocycles. The Morgan fingerprint density at radius 1 is 1.26 bits per heavy atom. The average molecular weight is 487 g/mol. The summed E-state index contributed by atoms with van der Waals surface area (Å²) in [5.74, 6) is 2.06. The predicted octanol–water partition coefficient (Wildman–Crippen LogP) is 5.96. The van der Waals surface area contributed by atoms with E-state index in [4.69, 9.17) is 10.1 Å². The van der Waals surface area contributed by atoms with E-state index in [2.05, 4.69) is 82.7 Å². The van der Waals surface area contributed by atoms with Crippen LogP contribution in [0.4, 0.5) is 11.5 Å². The number of aliphatic carboxylic acids is 1. The number of likely N-dealkylation sites (tertiary alicyclic amines) is 1. The van der Waals surface area contributed by atoms with Gasteiger partial charge in [-0.2, -0.15) is 0 Å². The summed E-state index contributed by atoms with van der Waals surface area (Å²) in [6.45, 7) is 10.3. The number of aromatic amines is 1. The van der Waals surface area contributed by atoms with Crippen molar-refractivity contribution in [1.82, 2.24) is 9.88 Å². The maximum absolute atomic E-state index is 11.1. The molecule has 0 radical (unpaired) electrons. The van der Waals surface area contributed by atoms with Gasteiger partial charge in [0.1, 0.15) is 17.8 Å². The molecular weight excluding hydrogens is 456 g/mol. The van der Waals surface area contributed by atoms with E-state index in [1.807, 2.05) is 0 Å². The highest BCUT2D eigenvalue weighted by molar-refractivity contribution is 9.10. The highest BCUT2D eigenvalue weighted by Gasteiger charge is 2.35. The van der Waals surface area contributed by atoms with Crippen molar-refractivity contribution >= 4 is 39.2 Å². The Morgan fingerprint density at radius 2 is 1.97 bits per heavy atom. The number of amidine groups is 1. The number of carboxylic acid groups (broad SMARTS) is 1. The van der Waals surface area contributed by atoms with E-state index >= 15 is 0 Å². The third-order valence-corrected chi connectivity index (χ3v) is 7.07. The van der Waals surface area contributed by atoms with Crippen LogP contribution in [0.5, 0.6) is 0 Å². The number of benzene rings is 1. The minimum absolute atomic E-state index is 0.0318. The first-order chi connectivity index (χ1) is 14.7. The van der Waals surface area contributed by atoms with Gasteiger partial charge in [0.25, 0.3) is 0 Å². The molecule has 0 bridgehead atoms. The Balaban J connectivity index is 1.64. The standard InChI is InChI=1S/C24H31BrN4O2/c1-14(2)18-5-6-21(20(25)13-18)29-16(4)27-23(19-11-15(3)26-24(19)29)28-9-7-17(8-10-28)12-22(30)31/h5-6,11,13-14,17,23,26H,7-10,12H2,1-4H3,(H,30,31). The van der Waals surface area contributed by atoms with Gasteiger partial charge in [-0.25, -0.2) is 4.99 Å². The number of rotatable bonds is 5. The monoisotopic (exact) mass is 486 g/mol. The molecule has 2 aromatic rings. The number of carbonyl (C=O) groups is 1. The van der Waals surface area contributed by atoms with Crippen molar-refractivity contribution in [1.29, 1.82) is 0 Å². The molecular formula is C24H31BrN4O2. The number of H-pyrrole nitrogens is 1. The topological polar surface area (TPSA) is 71.9 Å². The zero-order valence-corrected chi connectivity index (χ0v) is 20.2. The summed E-state index contributed by atoms with van der Waals surface area (Å²) in [6.07, 6.45) is 2.05. The molecule has 0 saturated carbocycles. The molecule has 6 nitrogen and oxygen atoms in total. The lowest BCUT2D eigenvalue weighted by Crippen LogP contribution is -2.40. The second-order valence-corrected chi connectivity index (χ2v) is 9.94. The smallest absolute Gasteiger partial charge is 0.303 e. The highest BCUT2D eigenvalue weighted by Crippen LogP contribution is 2.43. The molecule has 1 aromatic heterocycles. The summed E-state index contributed by atoms with van der Waals surface area (Å²) in [6, 6.07) is 8.74. The molecule has 2 N–H and O–H groups in total. The lowest BCUT2D eigenvalue weighted by atomic mass is 9.93. The maximum Gasteiger partial charge on any atom is 0.303 e. The van der Waals surface area contributed by atoms with Crippen LogP contribution in [-0.4, -0.2) is 39.9 Å². The van der Waals surface area contributed by atoms with E-state index in [9.17, 15) is 4.79 Å². The van der Waals surface area contributed by atoms with Crippen LogP contribution >= 0.6 is 15.9 Å². The molecule has 166 valence electrons. The molecule has 4 rings (SSSR count). The summed E-state index contributed by atoms with van der Waals surface area (Å²) >= 11 is 3.79. The largest absolute Gasteiger partial charge is 0.481 e. The molecule has 1 aromatic carbocycles. The lowest BCUT2D eigenvalue weighted by Gasteiger charge is -2.39. The van der Waals surface area contributed by atoms with Crippen LogP contribution in [0.3, 0.4) is 0 Å². The number of nitrogens with zero attached hydrogens (tertiary/aromatic N) is 3. The van der Waals surface area contributed by atoms with E-state index in [0.717, 1.165) is 53.4 Å². The molecule has 31 heavy (non-hydrogen) atoms. The van der Waals surface area contributed by atoms with E-state index in [1.54, 1.807) is 0 Å². The molecule has 2 aliphatic rings. The molecule has 2 aliphatic heterocycles. The third kappa shape index (κ3) is 4.44. The summed E-state index contributed by atoms with van der Waals surface area (Å²) < 4.78 is 1.05. The van der Waals surface area contributed by atoms with Crippen LogP contribution in [0, 0.1) is 12.8 Å². The van der Waals surface area contributed by atoms with Crippen molar-refractivity contribution in [2.24, 2.45) is 10.9 Å². The minimum Gasteiger partial charge on any atom is -0.481 e. The second-order valence-electron chi connectivity index (χ2n) is 9.08. The van der Waals surface area contributed by atoms with Gasteiger partial charge in [-0.1, -0.05) is 19.9 Å². The summed E-state index contributed by atoms with van der Waals surface area (Å²) in [5.41, 5.74) is 4.67. The molecule has 0 aliphatic carbocycles. The number of piperidine rings is 1. The van der Waals surface area contributed by atoms with Crippen molar-refractivity contribution in [3.8, 4) is 0 Å². The number of aliphatic imine (C=N–C) groups is 1. The summed E-state index contributed by atoms with van der Waals surface area (Å²) in [5, 5.41) is 9.11. The fraction of sp³-hybridized carbons (Fsp3) is 0.500. The third-order valence-electron chi connectivity index (χ3n) is 6.43. The van der Waals surface area contributed by atoms with Crippen molar-refractivity contribution in [3.63, 3.8) is 0 Å². The van der Waals surface area contributed by atoms with Crippen LogP contribution in [0.15, 0.2) is 33.7 Å². The Bertz CT molecular complexity index is 1010. The Morgan fingerprint density at radius 3 is 2.58 bits per heavy atom. The molecule has 1 unspecified atom stereocenters. The lowest BCUT2D eigenvalue weighted by molar-refractivity contribution is -0.138. The summed E-state index contributed by atoms with van der Waals surface area (Å²) in [4.78, 5) is 24.3. The number of nitrogens with one attached hydrogen (secondary N) is 1. The normalized spacial score (nSPS) is 20.1. The minimum atomic E-state index is -0.696. The molecule has 1 fully saturated rings. The average Bonchev–Trinajstić information content (AvgIpc) is 3.09. The number of anilines is 2. The fourth-order valence-corrected chi connectivity index (χ4v) is 5.30. The van der Waals surface area contributed by atoms with Gasteiger partial charge in [-0.05, 0) is 78.2 Å². The number of aromatic nitrogens is 1. The van der Waals surface area contributed by atoms with Gasteiger partial charge in [0.2, 0.25) is 0 Å². The molecule has 1 atom stereocenters. The van der Waals surface area contributed by atoms with Crippen molar-refractivity contribution in [2.45, 2.75) is 59.0 Å². The van der Waals surface area contributed by atoms with Gasteiger partial charge < -0.3 is 10.1 Å². The van der Waals surface area contributed by atoms with Gasteiger partial charge in [0, 0.05) is 35.2 Å². The van der Waals surface area contributed by atoms with Crippen LogP contribution in [0.25, 0.3) is 0 Å². The highest BCUT2D eigenvalue weighted by atomic mass is 79.9. The van der Waals surface area contributed by atoms with Gasteiger partial charge in [-0.15, -0.1) is 0 Å². The number of hydrogen-bond donors (Lipinski definition) is 2. The Hall–Kier alpha value is -2.12. The van der Waals surface area contributed by atoms with E-state index in [-0.39, 0.29) is 18.5 Å². The first kappa shape index (κ1) is 22.1. The van der Waals surface area contributed by atoms with Crippen LogP contribution in [0.1, 0.15) is 68.9 Å². The molecule has 7 heteroatoms. The molecule has 0 amide bonds. The first-order valence-corrected chi connectivity index (χ1v) is 11.8. The first-order valence-electron chi connectivity index (χ1n) is 11.0. The number of fused-ring (bicyclic) bond motifs is 1. The van der Waals surface area contributed by atoms with Gasteiger partial charge >= 0.3 is 5.97 Å². The fourth-order valence-electron chi connectivity index (χ4n) is 4.73. The zero-order chi connectivity index (χ0) is 22.3.